The van der Waals surface area contributed by atoms with E-state index in [-0.39, 0.29) is 5.91 Å². The first-order valence-corrected chi connectivity index (χ1v) is 7.47. The van der Waals surface area contributed by atoms with Crippen molar-refractivity contribution in [2.75, 3.05) is 26.2 Å². The second kappa shape index (κ2) is 7.41. The second-order valence-corrected chi connectivity index (χ2v) is 5.70. The third kappa shape index (κ3) is 4.32. The van der Waals surface area contributed by atoms with Gasteiger partial charge in [-0.25, -0.2) is 0 Å². The van der Waals surface area contributed by atoms with Crippen molar-refractivity contribution in [3.8, 4) is 0 Å². The monoisotopic (exact) mass is 275 g/mol. The van der Waals surface area contributed by atoms with Crippen LogP contribution >= 0.6 is 0 Å². The van der Waals surface area contributed by atoms with Gasteiger partial charge in [-0.2, -0.15) is 0 Å². The fraction of sp³-hybridized carbons (Fsp3) is 0.562. The molecule has 1 atom stereocenters. The lowest BCUT2D eigenvalue weighted by atomic mass is 9.99. The number of piperidine rings is 1. The molecule has 1 aromatic carbocycles. The molecule has 110 valence electrons. The van der Waals surface area contributed by atoms with Gasteiger partial charge in [0.15, 0.2) is 0 Å². The SMILES string of the molecule is CC1CCN(CCNC(=O)[C@H](N)c2ccccc2)CC1. The normalized spacial score (nSPS) is 18.7. The molecule has 1 fully saturated rings. The maximum Gasteiger partial charge on any atom is 0.241 e. The largest absolute Gasteiger partial charge is 0.353 e. The molecule has 0 aromatic heterocycles. The van der Waals surface area contributed by atoms with E-state index < -0.39 is 6.04 Å². The Kier molecular flexibility index (Phi) is 5.56. The molecule has 1 amide bonds. The van der Waals surface area contributed by atoms with E-state index in [4.69, 9.17) is 5.73 Å². The van der Waals surface area contributed by atoms with Crippen molar-refractivity contribution in [1.82, 2.24) is 10.2 Å². The van der Waals surface area contributed by atoms with Crippen molar-refractivity contribution in [1.29, 1.82) is 0 Å². The zero-order valence-electron chi connectivity index (χ0n) is 12.2. The molecule has 1 aromatic rings. The minimum Gasteiger partial charge on any atom is -0.353 e. The average molecular weight is 275 g/mol. The first-order chi connectivity index (χ1) is 9.66. The molecular weight excluding hydrogens is 250 g/mol. The molecule has 1 heterocycles. The summed E-state index contributed by atoms with van der Waals surface area (Å²) in [4.78, 5) is 14.4. The van der Waals surface area contributed by atoms with Crippen molar-refractivity contribution in [2.45, 2.75) is 25.8 Å². The maximum absolute atomic E-state index is 12.0. The van der Waals surface area contributed by atoms with Gasteiger partial charge in [0.05, 0.1) is 0 Å². The van der Waals surface area contributed by atoms with Gasteiger partial charge in [-0.3, -0.25) is 4.79 Å². The number of amides is 1. The highest BCUT2D eigenvalue weighted by atomic mass is 16.2. The van der Waals surface area contributed by atoms with Gasteiger partial charge < -0.3 is 16.0 Å². The predicted octanol–water partition coefficient (Wildman–Crippen LogP) is 1.53. The van der Waals surface area contributed by atoms with Crippen LogP contribution in [0.15, 0.2) is 30.3 Å². The number of rotatable bonds is 5. The van der Waals surface area contributed by atoms with Crippen molar-refractivity contribution in [3.05, 3.63) is 35.9 Å². The molecule has 0 unspecified atom stereocenters. The zero-order chi connectivity index (χ0) is 14.4. The quantitative estimate of drug-likeness (QED) is 0.857. The van der Waals surface area contributed by atoms with Gasteiger partial charge in [0, 0.05) is 13.1 Å². The van der Waals surface area contributed by atoms with Crippen LogP contribution in [-0.2, 0) is 4.79 Å². The second-order valence-electron chi connectivity index (χ2n) is 5.70. The Morgan fingerprint density at radius 2 is 2.00 bits per heavy atom. The Labute approximate surface area is 121 Å². The van der Waals surface area contributed by atoms with Crippen molar-refractivity contribution >= 4 is 5.91 Å². The van der Waals surface area contributed by atoms with Crippen LogP contribution in [0.5, 0.6) is 0 Å². The van der Waals surface area contributed by atoms with Gasteiger partial charge in [-0.15, -0.1) is 0 Å². The van der Waals surface area contributed by atoms with E-state index in [0.29, 0.717) is 6.54 Å². The van der Waals surface area contributed by atoms with Crippen LogP contribution < -0.4 is 11.1 Å². The number of carbonyl (C=O) groups excluding carboxylic acids is 1. The highest BCUT2D eigenvalue weighted by Crippen LogP contribution is 2.15. The van der Waals surface area contributed by atoms with Crippen LogP contribution in [0.25, 0.3) is 0 Å². The molecule has 1 saturated heterocycles. The van der Waals surface area contributed by atoms with E-state index in [1.807, 2.05) is 30.3 Å². The number of hydrogen-bond acceptors (Lipinski definition) is 3. The number of benzene rings is 1. The summed E-state index contributed by atoms with van der Waals surface area (Å²) >= 11 is 0. The van der Waals surface area contributed by atoms with Crippen LogP contribution in [-0.4, -0.2) is 37.0 Å². The summed E-state index contributed by atoms with van der Waals surface area (Å²) in [7, 11) is 0. The lowest BCUT2D eigenvalue weighted by molar-refractivity contribution is -0.122. The summed E-state index contributed by atoms with van der Waals surface area (Å²) in [5.74, 6) is 0.744. The molecule has 0 saturated carbocycles. The Morgan fingerprint density at radius 3 is 2.65 bits per heavy atom. The third-order valence-corrected chi connectivity index (χ3v) is 4.04. The molecule has 3 N–H and O–H groups in total. The Balaban J connectivity index is 1.70. The van der Waals surface area contributed by atoms with Gasteiger partial charge in [-0.1, -0.05) is 37.3 Å². The number of nitrogens with zero attached hydrogens (tertiary/aromatic N) is 1. The van der Waals surface area contributed by atoms with Crippen molar-refractivity contribution < 1.29 is 4.79 Å². The lowest BCUT2D eigenvalue weighted by Crippen LogP contribution is -2.41. The van der Waals surface area contributed by atoms with E-state index in [2.05, 4.69) is 17.1 Å². The first kappa shape index (κ1) is 15.0. The van der Waals surface area contributed by atoms with E-state index in [9.17, 15) is 4.79 Å². The standard InChI is InChI=1S/C16H25N3O/c1-13-7-10-19(11-8-13)12-9-18-16(20)15(17)14-5-3-2-4-6-14/h2-6,13,15H,7-12,17H2,1H3,(H,18,20)/t15-/m1/s1. The molecule has 4 nitrogen and oxygen atoms in total. The fourth-order valence-corrected chi connectivity index (χ4v) is 2.54. The Morgan fingerprint density at radius 1 is 1.35 bits per heavy atom. The van der Waals surface area contributed by atoms with Crippen LogP contribution in [0.4, 0.5) is 0 Å². The van der Waals surface area contributed by atoms with E-state index in [1.165, 1.54) is 12.8 Å². The van der Waals surface area contributed by atoms with Gasteiger partial charge in [0.1, 0.15) is 6.04 Å². The smallest absolute Gasteiger partial charge is 0.241 e. The van der Waals surface area contributed by atoms with Crippen LogP contribution in [0.2, 0.25) is 0 Å². The molecule has 20 heavy (non-hydrogen) atoms. The number of likely N-dealkylation sites (tertiary alicyclic amines) is 1. The molecule has 4 heteroatoms. The number of nitrogens with two attached hydrogens (primary N) is 1. The maximum atomic E-state index is 12.0. The Bertz CT molecular complexity index is 413. The van der Waals surface area contributed by atoms with Crippen LogP contribution in [0.3, 0.4) is 0 Å². The average Bonchev–Trinajstić information content (AvgIpc) is 2.49. The van der Waals surface area contributed by atoms with E-state index in [1.54, 1.807) is 0 Å². The van der Waals surface area contributed by atoms with Crippen molar-refractivity contribution in [2.24, 2.45) is 11.7 Å². The summed E-state index contributed by atoms with van der Waals surface area (Å²) in [6.45, 7) is 6.18. The fourth-order valence-electron chi connectivity index (χ4n) is 2.54. The molecule has 1 aliphatic rings. The summed E-state index contributed by atoms with van der Waals surface area (Å²) in [6, 6.07) is 8.92. The van der Waals surface area contributed by atoms with Gasteiger partial charge in [-0.05, 0) is 37.4 Å². The zero-order valence-corrected chi connectivity index (χ0v) is 12.2. The molecule has 0 spiro atoms. The predicted molar refractivity (Wildman–Crippen MR) is 81.2 cm³/mol. The van der Waals surface area contributed by atoms with E-state index in [0.717, 1.165) is 31.1 Å². The molecule has 1 aliphatic heterocycles. The number of carbonyl (C=O) groups is 1. The van der Waals surface area contributed by atoms with Crippen LogP contribution in [0, 0.1) is 5.92 Å². The third-order valence-electron chi connectivity index (χ3n) is 4.04. The van der Waals surface area contributed by atoms with E-state index >= 15 is 0 Å². The minimum absolute atomic E-state index is 0.0958. The molecule has 0 bridgehead atoms. The van der Waals surface area contributed by atoms with Crippen molar-refractivity contribution in [3.63, 3.8) is 0 Å². The van der Waals surface area contributed by atoms with Gasteiger partial charge in [0.2, 0.25) is 5.91 Å². The molecule has 0 radical (unpaired) electrons. The highest BCUT2D eigenvalue weighted by molar-refractivity contribution is 5.82. The summed E-state index contributed by atoms with van der Waals surface area (Å²) in [5, 5.41) is 2.93. The summed E-state index contributed by atoms with van der Waals surface area (Å²) in [6.07, 6.45) is 2.52. The van der Waals surface area contributed by atoms with Gasteiger partial charge >= 0.3 is 0 Å². The number of hydrogen-bond donors (Lipinski definition) is 2. The number of nitrogens with one attached hydrogen (secondary N) is 1. The highest BCUT2D eigenvalue weighted by Gasteiger charge is 2.17. The lowest BCUT2D eigenvalue weighted by Gasteiger charge is -2.30. The summed E-state index contributed by atoms with van der Waals surface area (Å²) < 4.78 is 0. The first-order valence-electron chi connectivity index (χ1n) is 7.47. The van der Waals surface area contributed by atoms with Crippen LogP contribution in [0.1, 0.15) is 31.4 Å². The topological polar surface area (TPSA) is 58.4 Å². The molecular formula is C16H25N3O. The summed E-state index contributed by atoms with van der Waals surface area (Å²) in [5.41, 5.74) is 6.81. The van der Waals surface area contributed by atoms with Gasteiger partial charge in [0.25, 0.3) is 0 Å². The molecule has 0 aliphatic carbocycles. The Hall–Kier alpha value is -1.39. The minimum atomic E-state index is -0.572. The molecule has 2 rings (SSSR count).